The van der Waals surface area contributed by atoms with Crippen molar-refractivity contribution in [1.29, 1.82) is 0 Å². The Hall–Kier alpha value is -3.01. The molecule has 0 aromatic carbocycles. The minimum absolute atomic E-state index is 0.837. The molecule has 10 heteroatoms. The minimum Gasteiger partial charge on any atom is -0.475 e. The maximum atomic E-state index is 10.6. The molecule has 1 aliphatic heterocycles. The van der Waals surface area contributed by atoms with Gasteiger partial charge in [-0.2, -0.15) is 13.2 Å². The predicted octanol–water partition coefficient (Wildman–Crippen LogP) is 3.37. The van der Waals surface area contributed by atoms with E-state index in [1.165, 1.54) is 11.4 Å². The lowest BCUT2D eigenvalue weighted by atomic mass is 10.2. The van der Waals surface area contributed by atoms with Gasteiger partial charge in [0, 0.05) is 32.0 Å². The van der Waals surface area contributed by atoms with Crippen molar-refractivity contribution in [2.45, 2.75) is 38.8 Å². The number of aryl methyl sites for hydroxylation is 1. The van der Waals surface area contributed by atoms with E-state index < -0.39 is 12.1 Å². The highest BCUT2D eigenvalue weighted by Gasteiger charge is 2.38. The third kappa shape index (κ3) is 5.74. The van der Waals surface area contributed by atoms with E-state index in [1.807, 2.05) is 18.5 Å². The SMILES string of the molecule is O=C(O)C(F)(F)F.c1coc(CN2CCCn3cnc(Cn4cccc4)c3C2)c1. The molecule has 156 valence electrons. The van der Waals surface area contributed by atoms with Crippen LogP contribution in [0.1, 0.15) is 23.6 Å². The molecule has 1 N–H and O–H groups in total. The molecule has 0 amide bonds. The molecule has 0 spiro atoms. The number of halogens is 3. The Kier molecular flexibility index (Phi) is 6.42. The van der Waals surface area contributed by atoms with E-state index in [1.54, 1.807) is 6.26 Å². The Morgan fingerprint density at radius 2 is 1.90 bits per heavy atom. The summed E-state index contributed by atoms with van der Waals surface area (Å²) in [5.41, 5.74) is 2.50. The summed E-state index contributed by atoms with van der Waals surface area (Å²) in [6.07, 6.45) is 3.97. The molecular formula is C19H21F3N4O3. The lowest BCUT2D eigenvalue weighted by Gasteiger charge is -2.18. The average Bonchev–Trinajstić information content (AvgIpc) is 3.39. The Morgan fingerprint density at radius 1 is 1.17 bits per heavy atom. The second-order valence-electron chi connectivity index (χ2n) is 6.63. The number of hydrogen-bond acceptors (Lipinski definition) is 4. The van der Waals surface area contributed by atoms with Crippen LogP contribution in [-0.2, 0) is 31.0 Å². The van der Waals surface area contributed by atoms with Gasteiger partial charge in [-0.1, -0.05) is 0 Å². The summed E-state index contributed by atoms with van der Waals surface area (Å²) in [6.45, 7) is 4.76. The first-order chi connectivity index (χ1) is 13.8. The zero-order valence-electron chi connectivity index (χ0n) is 15.5. The first-order valence-electron chi connectivity index (χ1n) is 9.01. The van der Waals surface area contributed by atoms with Crippen LogP contribution < -0.4 is 0 Å². The van der Waals surface area contributed by atoms with Crippen LogP contribution in [0.4, 0.5) is 13.2 Å². The van der Waals surface area contributed by atoms with Crippen molar-refractivity contribution in [3.8, 4) is 0 Å². The Bertz CT molecular complexity index is 902. The van der Waals surface area contributed by atoms with Crippen molar-refractivity contribution in [2.24, 2.45) is 0 Å². The van der Waals surface area contributed by atoms with Crippen molar-refractivity contribution < 1.29 is 27.5 Å². The smallest absolute Gasteiger partial charge is 0.475 e. The van der Waals surface area contributed by atoms with Crippen LogP contribution >= 0.6 is 0 Å². The van der Waals surface area contributed by atoms with Crippen LogP contribution in [0.2, 0.25) is 0 Å². The fourth-order valence-corrected chi connectivity index (χ4v) is 3.12. The molecule has 4 heterocycles. The number of fused-ring (bicyclic) bond motifs is 1. The third-order valence-electron chi connectivity index (χ3n) is 4.48. The number of aliphatic carboxylic acids is 1. The van der Waals surface area contributed by atoms with Crippen molar-refractivity contribution in [2.75, 3.05) is 6.54 Å². The van der Waals surface area contributed by atoms with E-state index in [0.29, 0.717) is 0 Å². The van der Waals surface area contributed by atoms with Gasteiger partial charge in [-0.05, 0) is 30.7 Å². The quantitative estimate of drug-likeness (QED) is 0.714. The molecule has 0 aliphatic carbocycles. The first-order valence-corrected chi connectivity index (χ1v) is 9.01. The van der Waals surface area contributed by atoms with Crippen LogP contribution in [-0.4, -0.2) is 42.8 Å². The van der Waals surface area contributed by atoms with E-state index in [0.717, 1.165) is 44.9 Å². The van der Waals surface area contributed by atoms with Gasteiger partial charge in [0.05, 0.1) is 37.1 Å². The number of nitrogens with zero attached hydrogens (tertiary/aromatic N) is 4. The highest BCUT2D eigenvalue weighted by molar-refractivity contribution is 5.73. The number of hydrogen-bond donors (Lipinski definition) is 1. The van der Waals surface area contributed by atoms with E-state index in [9.17, 15) is 13.2 Å². The van der Waals surface area contributed by atoms with Gasteiger partial charge in [0.25, 0.3) is 0 Å². The molecule has 0 unspecified atom stereocenters. The Morgan fingerprint density at radius 3 is 2.52 bits per heavy atom. The molecule has 0 fully saturated rings. The fraction of sp³-hybridized carbons (Fsp3) is 0.368. The van der Waals surface area contributed by atoms with Crippen molar-refractivity contribution in [3.05, 3.63) is 66.4 Å². The standard InChI is InChI=1S/C17H20N4O.C2HF3O2/c1-2-7-19(6-1)12-16-17-13-20(11-15-5-3-10-22-15)8-4-9-21(17)14-18-16;3-2(4,5)1(6)7/h1-3,5-7,10,14H,4,8-9,11-13H2;(H,6,7). The normalized spacial score (nSPS) is 14.6. The van der Waals surface area contributed by atoms with Gasteiger partial charge in [0.2, 0.25) is 0 Å². The number of rotatable bonds is 4. The van der Waals surface area contributed by atoms with Gasteiger partial charge in [-0.25, -0.2) is 9.78 Å². The highest BCUT2D eigenvalue weighted by Crippen LogP contribution is 2.19. The summed E-state index contributed by atoms with van der Waals surface area (Å²) in [5.74, 6) is -1.73. The third-order valence-corrected chi connectivity index (χ3v) is 4.48. The van der Waals surface area contributed by atoms with Gasteiger partial charge in [0.1, 0.15) is 5.76 Å². The number of aromatic nitrogens is 3. The van der Waals surface area contributed by atoms with Crippen LogP contribution in [0.15, 0.2) is 53.7 Å². The second kappa shape index (κ2) is 8.99. The fourth-order valence-electron chi connectivity index (χ4n) is 3.12. The second-order valence-corrected chi connectivity index (χ2v) is 6.63. The van der Waals surface area contributed by atoms with Crippen LogP contribution in [0.5, 0.6) is 0 Å². The maximum absolute atomic E-state index is 10.6. The zero-order valence-corrected chi connectivity index (χ0v) is 15.5. The van der Waals surface area contributed by atoms with Crippen molar-refractivity contribution in [1.82, 2.24) is 19.0 Å². The number of carboxylic acid groups (broad SMARTS) is 1. The largest absolute Gasteiger partial charge is 0.490 e. The molecule has 1 aliphatic rings. The first kappa shape index (κ1) is 20.7. The molecular weight excluding hydrogens is 389 g/mol. The molecule has 0 saturated carbocycles. The molecule has 4 rings (SSSR count). The Balaban J connectivity index is 0.000000298. The summed E-state index contributed by atoms with van der Waals surface area (Å²) in [6, 6.07) is 8.10. The molecule has 0 bridgehead atoms. The summed E-state index contributed by atoms with van der Waals surface area (Å²) in [7, 11) is 0. The van der Waals surface area contributed by atoms with Gasteiger partial charge in [-0.3, -0.25) is 4.90 Å². The lowest BCUT2D eigenvalue weighted by Crippen LogP contribution is -2.23. The molecule has 29 heavy (non-hydrogen) atoms. The van der Waals surface area contributed by atoms with Crippen molar-refractivity contribution >= 4 is 5.97 Å². The number of imidazole rings is 1. The lowest BCUT2D eigenvalue weighted by molar-refractivity contribution is -0.192. The highest BCUT2D eigenvalue weighted by atomic mass is 19.4. The van der Waals surface area contributed by atoms with E-state index in [2.05, 4.69) is 43.5 Å². The van der Waals surface area contributed by atoms with Gasteiger partial charge >= 0.3 is 12.1 Å². The summed E-state index contributed by atoms with van der Waals surface area (Å²) in [4.78, 5) is 16.0. The van der Waals surface area contributed by atoms with E-state index >= 15 is 0 Å². The number of carboxylic acids is 1. The summed E-state index contributed by atoms with van der Waals surface area (Å²) >= 11 is 0. The molecule has 0 saturated heterocycles. The topological polar surface area (TPSA) is 76.4 Å². The zero-order chi connectivity index (χ0) is 20.9. The van der Waals surface area contributed by atoms with Crippen LogP contribution in [0.3, 0.4) is 0 Å². The maximum Gasteiger partial charge on any atom is 0.490 e. The van der Waals surface area contributed by atoms with Gasteiger partial charge in [0.15, 0.2) is 0 Å². The van der Waals surface area contributed by atoms with Gasteiger partial charge < -0.3 is 18.7 Å². The number of furan rings is 1. The number of carbonyl (C=O) groups is 1. The van der Waals surface area contributed by atoms with E-state index in [-0.39, 0.29) is 0 Å². The predicted molar refractivity (Wildman–Crippen MR) is 96.9 cm³/mol. The van der Waals surface area contributed by atoms with E-state index in [4.69, 9.17) is 14.3 Å². The van der Waals surface area contributed by atoms with Crippen LogP contribution in [0.25, 0.3) is 0 Å². The minimum atomic E-state index is -5.08. The van der Waals surface area contributed by atoms with Gasteiger partial charge in [-0.15, -0.1) is 0 Å². The van der Waals surface area contributed by atoms with Crippen molar-refractivity contribution in [3.63, 3.8) is 0 Å². The monoisotopic (exact) mass is 410 g/mol. The summed E-state index contributed by atoms with van der Waals surface area (Å²) in [5, 5.41) is 7.12. The summed E-state index contributed by atoms with van der Waals surface area (Å²) < 4.78 is 41.7. The molecule has 0 atom stereocenters. The average molecular weight is 410 g/mol. The van der Waals surface area contributed by atoms with Crippen LogP contribution in [0, 0.1) is 0 Å². The Labute approximate surface area is 165 Å². The molecule has 7 nitrogen and oxygen atoms in total. The molecule has 3 aromatic rings. The number of alkyl halides is 3. The molecule has 3 aromatic heterocycles. The molecule has 0 radical (unpaired) electrons.